The summed E-state index contributed by atoms with van der Waals surface area (Å²) in [6.45, 7) is 0.789. The third-order valence-corrected chi connectivity index (χ3v) is 2.07. The van der Waals surface area contributed by atoms with Crippen LogP contribution in [-0.2, 0) is 11.3 Å². The molecule has 1 aliphatic heterocycles. The van der Waals surface area contributed by atoms with Crippen molar-refractivity contribution in [2.24, 2.45) is 0 Å². The molecule has 0 saturated heterocycles. The van der Waals surface area contributed by atoms with E-state index in [9.17, 15) is 4.79 Å². The third-order valence-electron chi connectivity index (χ3n) is 2.07. The summed E-state index contributed by atoms with van der Waals surface area (Å²) in [5.41, 5.74) is 0.988. The predicted octanol–water partition coefficient (Wildman–Crippen LogP) is 1.66. The van der Waals surface area contributed by atoms with Crippen LogP contribution in [0.4, 0.5) is 4.79 Å². The van der Waals surface area contributed by atoms with Gasteiger partial charge >= 0.3 is 6.09 Å². The van der Waals surface area contributed by atoms with Crippen molar-refractivity contribution >= 4 is 6.09 Å². The number of nitrogens with one attached hydrogen (secondary N) is 1. The van der Waals surface area contributed by atoms with Crippen LogP contribution in [0.1, 0.15) is 5.56 Å². The second kappa shape index (κ2) is 4.50. The Morgan fingerprint density at radius 3 is 2.87 bits per heavy atom. The minimum Gasteiger partial charge on any atom is -0.444 e. The van der Waals surface area contributed by atoms with Crippen LogP contribution in [0, 0.1) is 0 Å². The molecule has 2 rings (SSSR count). The molecular weight excluding hydrogens is 192 g/mol. The summed E-state index contributed by atoms with van der Waals surface area (Å²) < 4.78 is 5.11. The zero-order chi connectivity index (χ0) is 10.5. The molecule has 0 saturated carbocycles. The fourth-order valence-electron chi connectivity index (χ4n) is 1.27. The molecule has 0 unspecified atom stereocenters. The van der Waals surface area contributed by atoms with Gasteiger partial charge in [-0.3, -0.25) is 4.90 Å². The van der Waals surface area contributed by atoms with E-state index in [2.05, 4.69) is 5.32 Å². The van der Waals surface area contributed by atoms with Crippen LogP contribution in [-0.4, -0.2) is 17.7 Å². The molecule has 0 spiro atoms. The minimum atomic E-state index is -0.333. The number of nitrogens with zero attached hydrogens (tertiary/aromatic N) is 1. The lowest BCUT2D eigenvalue weighted by Gasteiger charge is -2.12. The molecule has 1 aromatic carbocycles. The lowest BCUT2D eigenvalue weighted by atomic mass is 10.2. The van der Waals surface area contributed by atoms with Crippen LogP contribution in [0.3, 0.4) is 0 Å². The second-order valence-electron chi connectivity index (χ2n) is 3.19. The number of carbonyl (C=O) groups excluding carboxylic acids is 1. The van der Waals surface area contributed by atoms with E-state index in [4.69, 9.17) is 4.74 Å². The summed E-state index contributed by atoms with van der Waals surface area (Å²) in [4.78, 5) is 12.9. The summed E-state index contributed by atoms with van der Waals surface area (Å²) in [6, 6.07) is 9.61. The molecular formula is C11H12N2O2. The Kier molecular flexibility index (Phi) is 2.88. The highest BCUT2D eigenvalue weighted by molar-refractivity contribution is 5.69. The van der Waals surface area contributed by atoms with Gasteiger partial charge in [0.2, 0.25) is 0 Å². The second-order valence-corrected chi connectivity index (χ2v) is 3.19. The molecule has 1 aliphatic rings. The Labute approximate surface area is 88.1 Å². The van der Waals surface area contributed by atoms with E-state index >= 15 is 0 Å². The van der Waals surface area contributed by atoms with E-state index in [1.54, 1.807) is 12.4 Å². The third kappa shape index (κ3) is 2.49. The molecule has 15 heavy (non-hydrogen) atoms. The fourth-order valence-corrected chi connectivity index (χ4v) is 1.27. The number of hydrogen-bond donors (Lipinski definition) is 1. The van der Waals surface area contributed by atoms with Crippen molar-refractivity contribution in [2.45, 2.75) is 6.61 Å². The molecule has 1 aromatic rings. The molecule has 78 valence electrons. The van der Waals surface area contributed by atoms with E-state index in [0.29, 0.717) is 13.3 Å². The molecule has 1 heterocycles. The molecule has 0 fully saturated rings. The van der Waals surface area contributed by atoms with Crippen LogP contribution in [0.15, 0.2) is 42.7 Å². The molecule has 4 nitrogen and oxygen atoms in total. The van der Waals surface area contributed by atoms with Crippen LogP contribution in [0.5, 0.6) is 0 Å². The maximum absolute atomic E-state index is 11.4. The first kappa shape index (κ1) is 9.58. The fraction of sp³-hybridized carbons (Fsp3) is 0.182. The van der Waals surface area contributed by atoms with E-state index in [1.165, 1.54) is 4.90 Å². The maximum atomic E-state index is 11.4. The zero-order valence-corrected chi connectivity index (χ0v) is 8.22. The predicted molar refractivity (Wildman–Crippen MR) is 55.6 cm³/mol. The molecule has 4 heteroatoms. The Morgan fingerprint density at radius 2 is 2.20 bits per heavy atom. The number of ether oxygens (including phenoxy) is 1. The Balaban J connectivity index is 1.83. The van der Waals surface area contributed by atoms with Gasteiger partial charge in [0.1, 0.15) is 6.61 Å². The van der Waals surface area contributed by atoms with Gasteiger partial charge in [-0.2, -0.15) is 0 Å². The van der Waals surface area contributed by atoms with Crippen LogP contribution in [0.25, 0.3) is 0 Å². The number of hydrogen-bond acceptors (Lipinski definition) is 3. The van der Waals surface area contributed by atoms with Gasteiger partial charge in [0.15, 0.2) is 0 Å². The molecule has 0 aliphatic carbocycles. The van der Waals surface area contributed by atoms with Crippen molar-refractivity contribution in [3.8, 4) is 0 Å². The molecule has 0 bridgehead atoms. The Hall–Kier alpha value is -1.97. The molecule has 1 amide bonds. The smallest absolute Gasteiger partial charge is 0.415 e. The van der Waals surface area contributed by atoms with Crippen LogP contribution in [0.2, 0.25) is 0 Å². The number of benzene rings is 1. The van der Waals surface area contributed by atoms with Gasteiger partial charge in [0, 0.05) is 12.4 Å². The average molecular weight is 204 g/mol. The first-order valence-electron chi connectivity index (χ1n) is 4.73. The van der Waals surface area contributed by atoms with Gasteiger partial charge in [0.25, 0.3) is 0 Å². The van der Waals surface area contributed by atoms with Crippen molar-refractivity contribution in [1.82, 2.24) is 10.2 Å². The molecule has 0 radical (unpaired) electrons. The van der Waals surface area contributed by atoms with Crippen molar-refractivity contribution in [2.75, 3.05) is 6.67 Å². The van der Waals surface area contributed by atoms with Crippen molar-refractivity contribution in [3.05, 3.63) is 48.3 Å². The van der Waals surface area contributed by atoms with Crippen molar-refractivity contribution < 1.29 is 9.53 Å². The monoisotopic (exact) mass is 204 g/mol. The van der Waals surface area contributed by atoms with E-state index in [0.717, 1.165) is 5.56 Å². The molecule has 1 N–H and O–H groups in total. The highest BCUT2D eigenvalue weighted by Gasteiger charge is 2.14. The van der Waals surface area contributed by atoms with Gasteiger partial charge in [-0.05, 0) is 5.56 Å². The summed E-state index contributed by atoms with van der Waals surface area (Å²) >= 11 is 0. The lowest BCUT2D eigenvalue weighted by molar-refractivity contribution is 0.112. The van der Waals surface area contributed by atoms with Crippen LogP contribution < -0.4 is 5.32 Å². The lowest BCUT2D eigenvalue weighted by Crippen LogP contribution is -2.28. The topological polar surface area (TPSA) is 41.6 Å². The van der Waals surface area contributed by atoms with Gasteiger partial charge in [-0.25, -0.2) is 4.79 Å². The summed E-state index contributed by atoms with van der Waals surface area (Å²) in [5.74, 6) is 0. The summed E-state index contributed by atoms with van der Waals surface area (Å²) in [6.07, 6.45) is 3.04. The summed E-state index contributed by atoms with van der Waals surface area (Å²) in [7, 11) is 0. The highest BCUT2D eigenvalue weighted by Crippen LogP contribution is 2.04. The Bertz CT molecular complexity index is 362. The molecule has 0 atom stereocenters. The maximum Gasteiger partial charge on any atom is 0.415 e. The van der Waals surface area contributed by atoms with Crippen LogP contribution >= 0.6 is 0 Å². The largest absolute Gasteiger partial charge is 0.444 e. The van der Waals surface area contributed by atoms with Gasteiger partial charge < -0.3 is 10.1 Å². The van der Waals surface area contributed by atoms with E-state index in [1.807, 2.05) is 30.3 Å². The quantitative estimate of drug-likeness (QED) is 0.796. The van der Waals surface area contributed by atoms with Crippen molar-refractivity contribution in [1.29, 1.82) is 0 Å². The standard InChI is InChI=1S/C11H12N2O2/c14-11(13-7-6-12-9-13)15-8-10-4-2-1-3-5-10/h1-7,12H,8-9H2. The Morgan fingerprint density at radius 1 is 1.40 bits per heavy atom. The molecule has 0 aromatic heterocycles. The zero-order valence-electron chi connectivity index (χ0n) is 8.22. The van der Waals surface area contributed by atoms with Gasteiger partial charge in [0.05, 0.1) is 6.67 Å². The van der Waals surface area contributed by atoms with Crippen molar-refractivity contribution in [3.63, 3.8) is 0 Å². The normalized spacial score (nSPS) is 13.7. The highest BCUT2D eigenvalue weighted by atomic mass is 16.6. The average Bonchev–Trinajstić information content (AvgIpc) is 2.81. The first-order valence-corrected chi connectivity index (χ1v) is 4.73. The number of amides is 1. The van der Waals surface area contributed by atoms with E-state index in [-0.39, 0.29) is 6.09 Å². The SMILES string of the molecule is O=C(OCc1ccccc1)N1C=CNC1. The number of carbonyl (C=O) groups is 1. The van der Waals surface area contributed by atoms with Gasteiger partial charge in [-0.15, -0.1) is 0 Å². The van der Waals surface area contributed by atoms with E-state index < -0.39 is 0 Å². The van der Waals surface area contributed by atoms with Gasteiger partial charge in [-0.1, -0.05) is 30.3 Å². The first-order chi connectivity index (χ1) is 7.36. The summed E-state index contributed by atoms with van der Waals surface area (Å²) in [5, 5.41) is 2.90. The minimum absolute atomic E-state index is 0.310. The number of rotatable bonds is 2.